The van der Waals surface area contributed by atoms with Crippen molar-refractivity contribution in [3.05, 3.63) is 46.2 Å². The molecule has 0 fully saturated rings. The van der Waals surface area contributed by atoms with Crippen molar-refractivity contribution in [2.75, 3.05) is 5.32 Å². The largest absolute Gasteiger partial charge is 0.298 e. The summed E-state index contributed by atoms with van der Waals surface area (Å²) in [5.41, 5.74) is 3.57. The first-order valence-corrected chi connectivity index (χ1v) is 8.80. The summed E-state index contributed by atoms with van der Waals surface area (Å²) in [6, 6.07) is 7.23. The predicted octanol–water partition coefficient (Wildman–Crippen LogP) is 4.10. The number of hydrogen-bond acceptors (Lipinski definition) is 5. The number of nitrogens with one attached hydrogen (secondary N) is 1. The maximum absolute atomic E-state index is 12.9. The van der Waals surface area contributed by atoms with Crippen molar-refractivity contribution in [1.82, 2.24) is 19.7 Å². The Kier molecular flexibility index (Phi) is 3.70. The van der Waals surface area contributed by atoms with Gasteiger partial charge in [0.2, 0.25) is 0 Å². The number of fused-ring (bicyclic) bond motifs is 2. The molecule has 1 N–H and O–H groups in total. The van der Waals surface area contributed by atoms with Gasteiger partial charge in [-0.1, -0.05) is 22.9 Å². The Labute approximate surface area is 152 Å². The number of carbonyl (C=O) groups is 1. The molecule has 0 aliphatic carbocycles. The number of pyridine rings is 1. The Morgan fingerprint density at radius 2 is 2.04 bits per heavy atom. The lowest BCUT2D eigenvalue weighted by molar-refractivity contribution is 0.102. The number of halogens is 1. The third kappa shape index (κ3) is 2.75. The maximum atomic E-state index is 12.9. The molecule has 3 aromatic heterocycles. The van der Waals surface area contributed by atoms with E-state index < -0.39 is 0 Å². The number of benzene rings is 1. The van der Waals surface area contributed by atoms with Gasteiger partial charge in [0.25, 0.3) is 5.91 Å². The van der Waals surface area contributed by atoms with Crippen LogP contribution in [0.2, 0.25) is 5.02 Å². The topological polar surface area (TPSA) is 72.7 Å². The summed E-state index contributed by atoms with van der Waals surface area (Å²) in [6.07, 6.45) is 0. The van der Waals surface area contributed by atoms with E-state index in [1.54, 1.807) is 16.8 Å². The van der Waals surface area contributed by atoms with Gasteiger partial charge in [-0.15, -0.1) is 0 Å². The minimum absolute atomic E-state index is 0.225. The zero-order valence-electron chi connectivity index (χ0n) is 13.8. The van der Waals surface area contributed by atoms with E-state index in [0.717, 1.165) is 27.0 Å². The van der Waals surface area contributed by atoms with Crippen LogP contribution in [0.15, 0.2) is 24.3 Å². The third-order valence-corrected chi connectivity index (χ3v) is 5.08. The SMILES string of the molecule is Cc1cc(C(=O)Nc2nc3ccc(Cl)cc3s2)c2c(C)nn(C)c2n1. The number of thiazole rings is 1. The van der Waals surface area contributed by atoms with Crippen molar-refractivity contribution in [2.24, 2.45) is 7.05 Å². The van der Waals surface area contributed by atoms with Gasteiger partial charge in [-0.2, -0.15) is 5.10 Å². The smallest absolute Gasteiger partial charge is 0.258 e. The molecule has 0 saturated carbocycles. The van der Waals surface area contributed by atoms with Gasteiger partial charge in [0.1, 0.15) is 0 Å². The molecule has 3 heterocycles. The van der Waals surface area contributed by atoms with Crippen LogP contribution in [0.5, 0.6) is 0 Å². The zero-order chi connectivity index (χ0) is 17.7. The van der Waals surface area contributed by atoms with Crippen molar-refractivity contribution < 1.29 is 4.79 Å². The van der Waals surface area contributed by atoms with Crippen LogP contribution in [-0.2, 0) is 7.05 Å². The molecule has 0 saturated heterocycles. The van der Waals surface area contributed by atoms with E-state index in [0.29, 0.717) is 21.4 Å². The number of rotatable bonds is 2. The standard InChI is InChI=1S/C17H14ClN5OS/c1-8-6-11(14-9(2)22-23(3)15(14)19-8)16(24)21-17-20-12-5-4-10(18)7-13(12)25-17/h4-7H,1-3H3,(H,20,21,24). The van der Waals surface area contributed by atoms with Crippen molar-refractivity contribution in [2.45, 2.75) is 13.8 Å². The van der Waals surface area contributed by atoms with Crippen molar-refractivity contribution in [3.8, 4) is 0 Å². The van der Waals surface area contributed by atoms with E-state index in [9.17, 15) is 4.79 Å². The third-order valence-electron chi connectivity index (χ3n) is 3.91. The minimum atomic E-state index is -0.225. The van der Waals surface area contributed by atoms with Gasteiger partial charge in [0.05, 0.1) is 26.9 Å². The lowest BCUT2D eigenvalue weighted by atomic mass is 10.1. The molecular weight excluding hydrogens is 358 g/mol. The highest BCUT2D eigenvalue weighted by molar-refractivity contribution is 7.22. The average molecular weight is 372 g/mol. The maximum Gasteiger partial charge on any atom is 0.258 e. The quantitative estimate of drug-likeness (QED) is 0.575. The van der Waals surface area contributed by atoms with Crippen molar-refractivity contribution in [1.29, 1.82) is 0 Å². The molecule has 0 aliphatic rings. The average Bonchev–Trinajstić information content (AvgIpc) is 3.06. The van der Waals surface area contributed by atoms with E-state index in [1.807, 2.05) is 33.0 Å². The van der Waals surface area contributed by atoms with Gasteiger partial charge in [-0.25, -0.2) is 9.97 Å². The second kappa shape index (κ2) is 5.79. The normalized spacial score (nSPS) is 11.4. The zero-order valence-corrected chi connectivity index (χ0v) is 15.4. The highest BCUT2D eigenvalue weighted by atomic mass is 35.5. The number of hydrogen-bond donors (Lipinski definition) is 1. The van der Waals surface area contributed by atoms with Gasteiger partial charge in [-0.3, -0.25) is 14.8 Å². The highest BCUT2D eigenvalue weighted by Crippen LogP contribution is 2.29. The van der Waals surface area contributed by atoms with Gasteiger partial charge in [0, 0.05) is 17.8 Å². The lowest BCUT2D eigenvalue weighted by Gasteiger charge is -2.05. The van der Waals surface area contributed by atoms with Crippen LogP contribution in [0.25, 0.3) is 21.3 Å². The highest BCUT2D eigenvalue weighted by Gasteiger charge is 2.19. The van der Waals surface area contributed by atoms with Crippen LogP contribution in [-0.4, -0.2) is 25.7 Å². The number of aromatic nitrogens is 4. The fourth-order valence-corrected chi connectivity index (χ4v) is 4.00. The molecule has 8 heteroatoms. The van der Waals surface area contributed by atoms with Gasteiger partial charge >= 0.3 is 0 Å². The molecular formula is C17H14ClN5OS. The Morgan fingerprint density at radius 1 is 1.24 bits per heavy atom. The van der Waals surface area contributed by atoms with Crippen LogP contribution in [0.1, 0.15) is 21.7 Å². The first kappa shape index (κ1) is 16.0. The van der Waals surface area contributed by atoms with Gasteiger partial charge in [0.15, 0.2) is 10.8 Å². The Hall–Kier alpha value is -2.51. The fourth-order valence-electron chi connectivity index (χ4n) is 2.87. The Bertz CT molecular complexity index is 1150. The lowest BCUT2D eigenvalue weighted by Crippen LogP contribution is -2.13. The number of carbonyl (C=O) groups excluding carboxylic acids is 1. The van der Waals surface area contributed by atoms with Crippen LogP contribution in [0.4, 0.5) is 5.13 Å². The Balaban J connectivity index is 1.76. The molecule has 1 aromatic carbocycles. The molecule has 0 radical (unpaired) electrons. The number of anilines is 1. The number of amides is 1. The summed E-state index contributed by atoms with van der Waals surface area (Å²) in [7, 11) is 1.82. The second-order valence-corrected chi connectivity index (χ2v) is 7.27. The molecule has 0 atom stereocenters. The summed E-state index contributed by atoms with van der Waals surface area (Å²) in [6.45, 7) is 3.73. The van der Waals surface area contributed by atoms with Crippen LogP contribution >= 0.6 is 22.9 Å². The first-order chi connectivity index (χ1) is 11.9. The van der Waals surface area contributed by atoms with E-state index in [-0.39, 0.29) is 5.91 Å². The monoisotopic (exact) mass is 371 g/mol. The molecule has 6 nitrogen and oxygen atoms in total. The minimum Gasteiger partial charge on any atom is -0.298 e. The summed E-state index contributed by atoms with van der Waals surface area (Å²) >= 11 is 7.40. The van der Waals surface area contributed by atoms with E-state index in [4.69, 9.17) is 11.6 Å². The molecule has 0 spiro atoms. The molecule has 126 valence electrons. The number of nitrogens with zero attached hydrogens (tertiary/aromatic N) is 4. The molecule has 1 amide bonds. The Morgan fingerprint density at radius 3 is 2.84 bits per heavy atom. The molecule has 0 aliphatic heterocycles. The predicted molar refractivity (Wildman–Crippen MR) is 101 cm³/mol. The summed E-state index contributed by atoms with van der Waals surface area (Å²) < 4.78 is 2.62. The van der Waals surface area contributed by atoms with Crippen LogP contribution in [0, 0.1) is 13.8 Å². The molecule has 4 rings (SSSR count). The van der Waals surface area contributed by atoms with E-state index >= 15 is 0 Å². The van der Waals surface area contributed by atoms with Crippen molar-refractivity contribution >= 4 is 55.2 Å². The van der Waals surface area contributed by atoms with Crippen molar-refractivity contribution in [3.63, 3.8) is 0 Å². The fraction of sp³-hybridized carbons (Fsp3) is 0.176. The second-order valence-electron chi connectivity index (χ2n) is 5.80. The molecule has 25 heavy (non-hydrogen) atoms. The molecule has 0 unspecified atom stereocenters. The molecule has 0 bridgehead atoms. The summed E-state index contributed by atoms with van der Waals surface area (Å²) in [5.74, 6) is -0.225. The van der Waals surface area contributed by atoms with Crippen LogP contribution < -0.4 is 5.32 Å². The number of aryl methyl sites for hydroxylation is 3. The van der Waals surface area contributed by atoms with Crippen LogP contribution in [0.3, 0.4) is 0 Å². The van der Waals surface area contributed by atoms with E-state index in [1.165, 1.54) is 11.3 Å². The first-order valence-electron chi connectivity index (χ1n) is 7.61. The van der Waals surface area contributed by atoms with Gasteiger partial charge < -0.3 is 0 Å². The molecule has 4 aromatic rings. The van der Waals surface area contributed by atoms with Gasteiger partial charge in [-0.05, 0) is 38.1 Å². The van der Waals surface area contributed by atoms with E-state index in [2.05, 4.69) is 20.4 Å². The summed E-state index contributed by atoms with van der Waals surface area (Å²) in [4.78, 5) is 21.8. The summed E-state index contributed by atoms with van der Waals surface area (Å²) in [5, 5.41) is 9.19.